The van der Waals surface area contributed by atoms with Crippen LogP contribution in [-0.2, 0) is 12.8 Å². The number of fused-ring (bicyclic) bond motifs is 1. The summed E-state index contributed by atoms with van der Waals surface area (Å²) in [6, 6.07) is 7.67. The minimum Gasteiger partial charge on any atom is -0.300 e. The summed E-state index contributed by atoms with van der Waals surface area (Å²) >= 11 is 0. The van der Waals surface area contributed by atoms with Crippen molar-refractivity contribution < 1.29 is 4.39 Å². The standard InChI is InChI=1S/C19H26FN3/c1-13(2)22-11-9-17-18(10-12-22)21-23(14(3)4)19(17)15-5-7-16(20)8-6-15/h5-8,13-14H,9-12H2,1-4H3. The van der Waals surface area contributed by atoms with Crippen LogP contribution in [0.4, 0.5) is 4.39 Å². The third-order valence-corrected chi connectivity index (χ3v) is 4.71. The van der Waals surface area contributed by atoms with E-state index in [1.54, 1.807) is 0 Å². The molecule has 23 heavy (non-hydrogen) atoms. The van der Waals surface area contributed by atoms with E-state index in [4.69, 9.17) is 5.10 Å². The topological polar surface area (TPSA) is 21.1 Å². The van der Waals surface area contributed by atoms with Crippen LogP contribution >= 0.6 is 0 Å². The number of halogens is 1. The van der Waals surface area contributed by atoms with Gasteiger partial charge in [-0.2, -0.15) is 5.10 Å². The number of aromatic nitrogens is 2. The fourth-order valence-electron chi connectivity index (χ4n) is 3.40. The molecular formula is C19H26FN3. The molecule has 2 aromatic rings. The molecule has 3 rings (SSSR count). The first-order valence-electron chi connectivity index (χ1n) is 8.57. The highest BCUT2D eigenvalue weighted by Gasteiger charge is 2.24. The van der Waals surface area contributed by atoms with E-state index in [0.717, 1.165) is 31.5 Å². The molecule has 124 valence electrons. The summed E-state index contributed by atoms with van der Waals surface area (Å²) in [5.41, 5.74) is 4.78. The first kappa shape index (κ1) is 16.2. The van der Waals surface area contributed by atoms with Gasteiger partial charge in [-0.15, -0.1) is 0 Å². The van der Waals surface area contributed by atoms with Gasteiger partial charge in [0.1, 0.15) is 5.82 Å². The molecule has 0 bridgehead atoms. The van der Waals surface area contributed by atoms with Crippen LogP contribution in [0.5, 0.6) is 0 Å². The zero-order valence-electron chi connectivity index (χ0n) is 14.5. The van der Waals surface area contributed by atoms with Crippen molar-refractivity contribution in [2.75, 3.05) is 13.1 Å². The van der Waals surface area contributed by atoms with Gasteiger partial charge in [-0.1, -0.05) is 0 Å². The van der Waals surface area contributed by atoms with E-state index in [2.05, 4.69) is 37.3 Å². The van der Waals surface area contributed by atoms with E-state index in [9.17, 15) is 4.39 Å². The summed E-state index contributed by atoms with van der Waals surface area (Å²) in [7, 11) is 0. The van der Waals surface area contributed by atoms with Crippen LogP contribution in [0.3, 0.4) is 0 Å². The number of hydrogen-bond donors (Lipinski definition) is 0. The number of nitrogens with zero attached hydrogens (tertiary/aromatic N) is 3. The molecular weight excluding hydrogens is 289 g/mol. The molecule has 0 radical (unpaired) electrons. The molecule has 1 aromatic carbocycles. The maximum absolute atomic E-state index is 13.3. The minimum atomic E-state index is -0.193. The van der Waals surface area contributed by atoms with E-state index in [1.807, 2.05) is 12.1 Å². The Morgan fingerprint density at radius 3 is 2.22 bits per heavy atom. The average molecular weight is 315 g/mol. The van der Waals surface area contributed by atoms with Crippen molar-refractivity contribution in [2.45, 2.75) is 52.6 Å². The maximum Gasteiger partial charge on any atom is 0.123 e. The fraction of sp³-hybridized carbons (Fsp3) is 0.526. The molecule has 0 aliphatic carbocycles. The highest BCUT2D eigenvalue weighted by Crippen LogP contribution is 2.31. The molecule has 0 unspecified atom stereocenters. The largest absolute Gasteiger partial charge is 0.300 e. The SMILES string of the molecule is CC(C)N1CCc2nn(C(C)C)c(-c3ccc(F)cc3)c2CC1. The average Bonchev–Trinajstić information content (AvgIpc) is 2.74. The Morgan fingerprint density at radius 2 is 1.61 bits per heavy atom. The Kier molecular flexibility index (Phi) is 4.53. The van der Waals surface area contributed by atoms with Crippen LogP contribution in [0.15, 0.2) is 24.3 Å². The molecule has 0 saturated carbocycles. The molecule has 1 aromatic heterocycles. The van der Waals surface area contributed by atoms with Crippen molar-refractivity contribution in [3.8, 4) is 11.3 Å². The van der Waals surface area contributed by atoms with Crippen molar-refractivity contribution in [1.29, 1.82) is 0 Å². The van der Waals surface area contributed by atoms with Crippen LogP contribution in [-0.4, -0.2) is 33.8 Å². The van der Waals surface area contributed by atoms with Crippen LogP contribution in [0.25, 0.3) is 11.3 Å². The molecule has 3 nitrogen and oxygen atoms in total. The van der Waals surface area contributed by atoms with E-state index in [0.29, 0.717) is 12.1 Å². The Bertz CT molecular complexity index is 671. The van der Waals surface area contributed by atoms with Gasteiger partial charge in [0, 0.05) is 42.7 Å². The Balaban J connectivity index is 2.05. The van der Waals surface area contributed by atoms with Crippen molar-refractivity contribution in [3.63, 3.8) is 0 Å². The molecule has 0 saturated heterocycles. The lowest BCUT2D eigenvalue weighted by molar-refractivity contribution is 0.232. The number of hydrogen-bond acceptors (Lipinski definition) is 2. The Hall–Kier alpha value is -1.68. The predicted octanol–water partition coefficient (Wildman–Crippen LogP) is 4.08. The van der Waals surface area contributed by atoms with Crippen molar-refractivity contribution >= 4 is 0 Å². The zero-order chi connectivity index (χ0) is 16.6. The second kappa shape index (κ2) is 6.44. The Morgan fingerprint density at radius 1 is 0.957 bits per heavy atom. The van der Waals surface area contributed by atoms with Crippen LogP contribution in [0.1, 0.15) is 45.0 Å². The summed E-state index contributed by atoms with van der Waals surface area (Å²) in [6.45, 7) is 10.9. The van der Waals surface area contributed by atoms with Crippen molar-refractivity contribution in [3.05, 3.63) is 41.3 Å². The molecule has 0 amide bonds. The third kappa shape index (κ3) is 3.18. The van der Waals surface area contributed by atoms with Crippen LogP contribution < -0.4 is 0 Å². The summed E-state index contributed by atoms with van der Waals surface area (Å²) < 4.78 is 15.4. The lowest BCUT2D eigenvalue weighted by Gasteiger charge is -2.24. The van der Waals surface area contributed by atoms with Gasteiger partial charge in [0.2, 0.25) is 0 Å². The predicted molar refractivity (Wildman–Crippen MR) is 92.1 cm³/mol. The number of rotatable bonds is 3. The molecule has 0 atom stereocenters. The number of benzene rings is 1. The van der Waals surface area contributed by atoms with Gasteiger partial charge in [0.05, 0.1) is 11.4 Å². The van der Waals surface area contributed by atoms with Crippen molar-refractivity contribution in [1.82, 2.24) is 14.7 Å². The van der Waals surface area contributed by atoms with E-state index in [1.165, 1.54) is 29.1 Å². The van der Waals surface area contributed by atoms with E-state index in [-0.39, 0.29) is 5.82 Å². The highest BCUT2D eigenvalue weighted by atomic mass is 19.1. The van der Waals surface area contributed by atoms with Gasteiger partial charge in [0.25, 0.3) is 0 Å². The second-order valence-electron chi connectivity index (χ2n) is 6.95. The van der Waals surface area contributed by atoms with Gasteiger partial charge in [0.15, 0.2) is 0 Å². The van der Waals surface area contributed by atoms with Gasteiger partial charge in [-0.25, -0.2) is 4.39 Å². The molecule has 1 aliphatic heterocycles. The lowest BCUT2D eigenvalue weighted by Crippen LogP contribution is -2.33. The van der Waals surface area contributed by atoms with Gasteiger partial charge < -0.3 is 4.90 Å². The molecule has 4 heteroatoms. The smallest absolute Gasteiger partial charge is 0.123 e. The Labute approximate surface area is 138 Å². The molecule has 0 spiro atoms. The lowest BCUT2D eigenvalue weighted by atomic mass is 10.0. The van der Waals surface area contributed by atoms with Crippen LogP contribution in [0.2, 0.25) is 0 Å². The quantitative estimate of drug-likeness (QED) is 0.851. The normalized spacial score (nSPS) is 16.0. The first-order valence-corrected chi connectivity index (χ1v) is 8.57. The highest BCUT2D eigenvalue weighted by molar-refractivity contribution is 5.65. The summed E-state index contributed by atoms with van der Waals surface area (Å²) in [4.78, 5) is 2.51. The van der Waals surface area contributed by atoms with E-state index < -0.39 is 0 Å². The molecule has 0 N–H and O–H groups in total. The molecule has 1 aliphatic rings. The molecule has 2 heterocycles. The van der Waals surface area contributed by atoms with Gasteiger partial charge in [-0.05, 0) is 58.4 Å². The summed E-state index contributed by atoms with van der Waals surface area (Å²) in [5, 5.41) is 4.90. The minimum absolute atomic E-state index is 0.193. The third-order valence-electron chi connectivity index (χ3n) is 4.71. The zero-order valence-corrected chi connectivity index (χ0v) is 14.5. The maximum atomic E-state index is 13.3. The fourth-order valence-corrected chi connectivity index (χ4v) is 3.40. The summed E-state index contributed by atoms with van der Waals surface area (Å²) in [6.07, 6.45) is 1.99. The first-order chi connectivity index (χ1) is 11.0. The second-order valence-corrected chi connectivity index (χ2v) is 6.95. The van der Waals surface area contributed by atoms with Crippen molar-refractivity contribution in [2.24, 2.45) is 0 Å². The van der Waals surface area contributed by atoms with Crippen LogP contribution in [0, 0.1) is 5.82 Å². The van der Waals surface area contributed by atoms with E-state index >= 15 is 0 Å². The monoisotopic (exact) mass is 315 g/mol. The van der Waals surface area contributed by atoms with Gasteiger partial charge in [-0.3, -0.25) is 4.68 Å². The van der Waals surface area contributed by atoms with Gasteiger partial charge >= 0.3 is 0 Å². The summed E-state index contributed by atoms with van der Waals surface area (Å²) in [5.74, 6) is -0.193. The molecule has 0 fully saturated rings.